The van der Waals surface area contributed by atoms with Gasteiger partial charge in [0.1, 0.15) is 0 Å². The van der Waals surface area contributed by atoms with Gasteiger partial charge in [-0.05, 0) is 34.2 Å². The second kappa shape index (κ2) is 8.93. The average molecular weight is 548 g/mol. The molecular formula is C30H23N3OPd. The van der Waals surface area contributed by atoms with Gasteiger partial charge in [0.2, 0.25) is 0 Å². The zero-order valence-electron chi connectivity index (χ0n) is 19.6. The number of pyridine rings is 2. The molecule has 0 aliphatic carbocycles. The number of ether oxygens (including phenoxy) is 1. The molecule has 0 radical (unpaired) electrons. The Balaban J connectivity index is 0.00000253. The maximum atomic E-state index is 6.21. The Hall–Kier alpha value is -3.52. The van der Waals surface area contributed by atoms with Crippen molar-refractivity contribution in [2.24, 2.45) is 0 Å². The number of para-hydroxylation sites is 1. The van der Waals surface area contributed by atoms with E-state index in [9.17, 15) is 0 Å². The van der Waals surface area contributed by atoms with Gasteiger partial charge in [-0.1, -0.05) is 74.0 Å². The summed E-state index contributed by atoms with van der Waals surface area (Å²) < 4.78 is 8.30. The van der Waals surface area contributed by atoms with Crippen LogP contribution in [0, 0.1) is 12.1 Å². The third-order valence-corrected chi connectivity index (χ3v) is 6.13. The van der Waals surface area contributed by atoms with Crippen LogP contribution in [0.25, 0.3) is 38.6 Å². The van der Waals surface area contributed by atoms with Crippen LogP contribution in [-0.2, 0) is 25.8 Å². The number of hydrogen-bond donors (Lipinski definition) is 0. The summed E-state index contributed by atoms with van der Waals surface area (Å²) in [5.41, 5.74) is 5.04. The van der Waals surface area contributed by atoms with Crippen molar-refractivity contribution in [3.05, 3.63) is 103 Å². The van der Waals surface area contributed by atoms with Gasteiger partial charge in [0.25, 0.3) is 0 Å². The van der Waals surface area contributed by atoms with Crippen LogP contribution < -0.4 is 4.74 Å². The molecule has 3 aromatic heterocycles. The predicted octanol–water partition coefficient (Wildman–Crippen LogP) is 7.39. The molecule has 174 valence electrons. The Morgan fingerprint density at radius 3 is 2.49 bits per heavy atom. The van der Waals surface area contributed by atoms with E-state index in [2.05, 4.69) is 83.7 Å². The van der Waals surface area contributed by atoms with Crippen LogP contribution in [0.15, 0.2) is 85.3 Å². The summed E-state index contributed by atoms with van der Waals surface area (Å²) in [6.07, 6.45) is 5.65. The van der Waals surface area contributed by atoms with Crippen LogP contribution in [0.4, 0.5) is 0 Å². The Morgan fingerprint density at radius 2 is 1.63 bits per heavy atom. The molecule has 5 heteroatoms. The summed E-state index contributed by atoms with van der Waals surface area (Å²) in [7, 11) is 0. The number of hydrogen-bond acceptors (Lipinski definition) is 3. The smallest absolute Gasteiger partial charge is 0.497 e. The molecule has 0 amide bonds. The first-order valence-electron chi connectivity index (χ1n) is 11.3. The quantitative estimate of drug-likeness (QED) is 0.132. The van der Waals surface area contributed by atoms with Gasteiger partial charge in [0, 0.05) is 35.6 Å². The van der Waals surface area contributed by atoms with Crippen LogP contribution in [0.5, 0.6) is 11.5 Å². The van der Waals surface area contributed by atoms with E-state index < -0.39 is 0 Å². The van der Waals surface area contributed by atoms with Crippen molar-refractivity contribution < 1.29 is 25.2 Å². The molecule has 4 nitrogen and oxygen atoms in total. The zero-order valence-corrected chi connectivity index (χ0v) is 21.2. The minimum Gasteiger partial charge on any atom is -0.497 e. The van der Waals surface area contributed by atoms with E-state index in [1.807, 2.05) is 48.9 Å². The summed E-state index contributed by atoms with van der Waals surface area (Å²) in [5, 5.41) is 3.18. The molecular weight excluding hydrogens is 525 g/mol. The molecule has 0 fully saturated rings. The molecule has 0 bridgehead atoms. The summed E-state index contributed by atoms with van der Waals surface area (Å²) in [4.78, 5) is 9.15. The summed E-state index contributed by atoms with van der Waals surface area (Å²) in [5.74, 6) is 1.24. The summed E-state index contributed by atoms with van der Waals surface area (Å²) in [6.45, 7) is 6.60. The van der Waals surface area contributed by atoms with Gasteiger partial charge in [-0.2, -0.15) is 0 Å². The molecule has 0 N–H and O–H groups in total. The van der Waals surface area contributed by atoms with Crippen molar-refractivity contribution in [1.29, 1.82) is 0 Å². The van der Waals surface area contributed by atoms with Gasteiger partial charge in [0.05, 0.1) is 5.65 Å². The summed E-state index contributed by atoms with van der Waals surface area (Å²) in [6, 6.07) is 29.2. The molecule has 0 saturated carbocycles. The van der Waals surface area contributed by atoms with Crippen molar-refractivity contribution in [3.63, 3.8) is 0 Å². The number of aromatic nitrogens is 3. The van der Waals surface area contributed by atoms with Gasteiger partial charge in [0.15, 0.2) is 0 Å². The van der Waals surface area contributed by atoms with Gasteiger partial charge < -0.3 is 14.1 Å². The number of nitrogens with zero attached hydrogens (tertiary/aromatic N) is 3. The van der Waals surface area contributed by atoms with Crippen LogP contribution >= 0.6 is 0 Å². The monoisotopic (exact) mass is 547 g/mol. The van der Waals surface area contributed by atoms with E-state index in [0.717, 1.165) is 38.6 Å². The van der Waals surface area contributed by atoms with Crippen molar-refractivity contribution in [2.75, 3.05) is 0 Å². The van der Waals surface area contributed by atoms with Crippen molar-refractivity contribution in [2.45, 2.75) is 26.2 Å². The SMILES string of the molecule is CC(C)(C)c1ccnc(-c2[c-]c(Oc3[c-]c4c(cc3)c3ccccc3n3ccnc43)ccc2)c1.[Pd+2]. The number of rotatable bonds is 3. The van der Waals surface area contributed by atoms with E-state index in [1.165, 1.54) is 5.56 Å². The molecule has 3 aromatic carbocycles. The molecule has 6 aromatic rings. The van der Waals surface area contributed by atoms with Crippen LogP contribution in [0.2, 0.25) is 0 Å². The minimum absolute atomic E-state index is 0. The largest absolute Gasteiger partial charge is 2.00 e. The molecule has 0 atom stereocenters. The van der Waals surface area contributed by atoms with E-state index in [4.69, 9.17) is 4.74 Å². The Bertz CT molecular complexity index is 1680. The topological polar surface area (TPSA) is 39.4 Å². The fourth-order valence-electron chi connectivity index (χ4n) is 4.35. The van der Waals surface area contributed by atoms with Gasteiger partial charge in [-0.15, -0.1) is 29.8 Å². The third kappa shape index (κ3) is 4.23. The minimum atomic E-state index is 0. The average Bonchev–Trinajstić information content (AvgIpc) is 3.35. The first-order chi connectivity index (χ1) is 16.5. The first-order valence-corrected chi connectivity index (χ1v) is 11.3. The molecule has 0 aliphatic rings. The molecule has 0 unspecified atom stereocenters. The zero-order chi connectivity index (χ0) is 23.3. The second-order valence-electron chi connectivity index (χ2n) is 9.46. The number of imidazole rings is 1. The first kappa shape index (κ1) is 23.2. The van der Waals surface area contributed by atoms with Crippen LogP contribution in [0.3, 0.4) is 0 Å². The van der Waals surface area contributed by atoms with Crippen molar-refractivity contribution in [1.82, 2.24) is 14.4 Å². The summed E-state index contributed by atoms with van der Waals surface area (Å²) >= 11 is 0. The van der Waals surface area contributed by atoms with Gasteiger partial charge in [-0.3, -0.25) is 4.98 Å². The Morgan fingerprint density at radius 1 is 0.800 bits per heavy atom. The fraction of sp³-hybridized carbons (Fsp3) is 0.133. The second-order valence-corrected chi connectivity index (χ2v) is 9.46. The normalized spacial score (nSPS) is 11.6. The molecule has 0 saturated heterocycles. The van der Waals surface area contributed by atoms with Crippen molar-refractivity contribution in [3.8, 4) is 22.8 Å². The molecule has 3 heterocycles. The van der Waals surface area contributed by atoms with E-state index in [0.29, 0.717) is 11.5 Å². The van der Waals surface area contributed by atoms with Gasteiger partial charge >= 0.3 is 20.4 Å². The maximum absolute atomic E-state index is 6.21. The molecule has 0 spiro atoms. The van der Waals surface area contributed by atoms with Crippen molar-refractivity contribution >= 4 is 27.3 Å². The Labute approximate surface area is 218 Å². The molecule has 0 aliphatic heterocycles. The fourth-order valence-corrected chi connectivity index (χ4v) is 4.35. The maximum Gasteiger partial charge on any atom is 2.00 e. The van der Waals surface area contributed by atoms with E-state index in [1.54, 1.807) is 0 Å². The third-order valence-electron chi connectivity index (χ3n) is 6.13. The van der Waals surface area contributed by atoms with E-state index >= 15 is 0 Å². The predicted molar refractivity (Wildman–Crippen MR) is 136 cm³/mol. The molecule has 35 heavy (non-hydrogen) atoms. The number of benzene rings is 3. The molecule has 6 rings (SSSR count). The standard InChI is InChI=1S/C30H23N3O.Pd/c1-30(2,3)21-13-14-31-27(18-21)20-7-6-8-22(17-20)34-23-11-12-24-25-9-4-5-10-28(25)33-16-15-32-29(33)26(24)19-23;/h4-16,18H,1-3H3;/q-2;+2. The number of fused-ring (bicyclic) bond motifs is 6. The van der Waals surface area contributed by atoms with Crippen LogP contribution in [-0.4, -0.2) is 14.4 Å². The van der Waals surface area contributed by atoms with Gasteiger partial charge in [-0.25, -0.2) is 0 Å². The Kier molecular flexibility index (Phi) is 5.93. The van der Waals surface area contributed by atoms with E-state index in [-0.39, 0.29) is 25.8 Å². The van der Waals surface area contributed by atoms with Crippen LogP contribution in [0.1, 0.15) is 26.3 Å².